The molecule has 5 heteroatoms. The molecule has 0 aliphatic carbocycles. The molecular formula is C11H17ClN2OS. The van der Waals surface area contributed by atoms with Crippen molar-refractivity contribution in [3.63, 3.8) is 0 Å². The van der Waals surface area contributed by atoms with Crippen molar-refractivity contribution in [2.75, 3.05) is 13.1 Å². The average Bonchev–Trinajstić information content (AvgIpc) is 2.86. The normalized spacial score (nSPS) is 19.1. The van der Waals surface area contributed by atoms with Gasteiger partial charge < -0.3 is 10.6 Å². The highest BCUT2D eigenvalue weighted by atomic mass is 35.5. The van der Waals surface area contributed by atoms with Crippen molar-refractivity contribution in [3.8, 4) is 0 Å². The Labute approximate surface area is 106 Å². The molecule has 1 saturated heterocycles. The van der Waals surface area contributed by atoms with Gasteiger partial charge in [-0.1, -0.05) is 0 Å². The van der Waals surface area contributed by atoms with E-state index in [4.69, 9.17) is 0 Å². The molecule has 0 spiro atoms. The van der Waals surface area contributed by atoms with Gasteiger partial charge in [0.05, 0.1) is 6.42 Å². The monoisotopic (exact) mass is 260 g/mol. The van der Waals surface area contributed by atoms with Crippen LogP contribution in [0.15, 0.2) is 16.8 Å². The summed E-state index contributed by atoms with van der Waals surface area (Å²) in [6.45, 7) is 1.86. The van der Waals surface area contributed by atoms with E-state index in [9.17, 15) is 4.79 Å². The Morgan fingerprint density at radius 2 is 2.50 bits per heavy atom. The van der Waals surface area contributed by atoms with Gasteiger partial charge in [0.2, 0.25) is 5.91 Å². The van der Waals surface area contributed by atoms with Crippen LogP contribution in [0.4, 0.5) is 0 Å². The number of halogens is 1. The maximum absolute atomic E-state index is 11.5. The number of amides is 1. The van der Waals surface area contributed by atoms with Gasteiger partial charge in [0.15, 0.2) is 0 Å². The first-order chi connectivity index (χ1) is 7.34. The minimum atomic E-state index is 0. The van der Waals surface area contributed by atoms with Crippen LogP contribution in [0.25, 0.3) is 0 Å². The van der Waals surface area contributed by atoms with Gasteiger partial charge >= 0.3 is 0 Å². The first kappa shape index (κ1) is 13.5. The summed E-state index contributed by atoms with van der Waals surface area (Å²) in [6.07, 6.45) is 2.92. The molecule has 2 N–H and O–H groups in total. The van der Waals surface area contributed by atoms with Crippen LogP contribution in [-0.4, -0.2) is 25.0 Å². The molecule has 16 heavy (non-hydrogen) atoms. The summed E-state index contributed by atoms with van der Waals surface area (Å²) < 4.78 is 0. The second-order valence-corrected chi connectivity index (χ2v) is 4.69. The fraction of sp³-hybridized carbons (Fsp3) is 0.545. The Morgan fingerprint density at radius 1 is 1.62 bits per heavy atom. The van der Waals surface area contributed by atoms with E-state index < -0.39 is 0 Å². The SMILES string of the molecule is Cl.O=C(Cc1ccsc1)NCC1CCCN1. The summed E-state index contributed by atoms with van der Waals surface area (Å²) in [7, 11) is 0. The first-order valence-electron chi connectivity index (χ1n) is 5.36. The Morgan fingerprint density at radius 3 is 3.12 bits per heavy atom. The van der Waals surface area contributed by atoms with E-state index in [1.54, 1.807) is 11.3 Å². The third-order valence-corrected chi connectivity index (χ3v) is 3.38. The number of carbonyl (C=O) groups excluding carboxylic acids is 1. The minimum absolute atomic E-state index is 0. The fourth-order valence-electron chi connectivity index (χ4n) is 1.81. The van der Waals surface area contributed by atoms with Crippen LogP contribution < -0.4 is 10.6 Å². The van der Waals surface area contributed by atoms with Gasteiger partial charge in [-0.2, -0.15) is 11.3 Å². The van der Waals surface area contributed by atoms with Crippen molar-refractivity contribution in [1.82, 2.24) is 10.6 Å². The lowest BCUT2D eigenvalue weighted by atomic mass is 10.2. The van der Waals surface area contributed by atoms with E-state index >= 15 is 0 Å². The van der Waals surface area contributed by atoms with Gasteiger partial charge in [0.25, 0.3) is 0 Å². The van der Waals surface area contributed by atoms with E-state index in [1.807, 2.05) is 16.8 Å². The van der Waals surface area contributed by atoms with Crippen molar-refractivity contribution in [3.05, 3.63) is 22.4 Å². The molecule has 2 heterocycles. The Kier molecular flexibility index (Phi) is 5.80. The number of nitrogens with one attached hydrogen (secondary N) is 2. The van der Waals surface area contributed by atoms with Crippen LogP contribution in [0.2, 0.25) is 0 Å². The molecule has 90 valence electrons. The number of rotatable bonds is 4. The first-order valence-corrected chi connectivity index (χ1v) is 6.30. The van der Waals surface area contributed by atoms with Gasteiger partial charge in [-0.25, -0.2) is 0 Å². The molecule has 1 fully saturated rings. The summed E-state index contributed by atoms with van der Waals surface area (Å²) in [5.41, 5.74) is 1.11. The standard InChI is InChI=1S/C11H16N2OS.ClH/c14-11(6-9-3-5-15-8-9)13-7-10-2-1-4-12-10;/h3,5,8,10,12H,1-2,4,6-7H2,(H,13,14);1H. The van der Waals surface area contributed by atoms with Crippen molar-refractivity contribution < 1.29 is 4.79 Å². The number of thiophene rings is 1. The third kappa shape index (κ3) is 4.12. The maximum Gasteiger partial charge on any atom is 0.224 e. The van der Waals surface area contributed by atoms with Crippen molar-refractivity contribution in [1.29, 1.82) is 0 Å². The Balaban J connectivity index is 0.00000128. The Bertz CT molecular complexity index is 310. The van der Waals surface area contributed by atoms with E-state index in [-0.39, 0.29) is 18.3 Å². The molecule has 0 radical (unpaired) electrons. The van der Waals surface area contributed by atoms with Crippen molar-refractivity contribution in [2.45, 2.75) is 25.3 Å². The highest BCUT2D eigenvalue weighted by Crippen LogP contribution is 2.07. The van der Waals surface area contributed by atoms with E-state index in [0.29, 0.717) is 12.5 Å². The zero-order valence-electron chi connectivity index (χ0n) is 9.07. The second-order valence-electron chi connectivity index (χ2n) is 3.91. The van der Waals surface area contributed by atoms with Crippen LogP contribution in [0.3, 0.4) is 0 Å². The molecule has 1 aliphatic heterocycles. The van der Waals surface area contributed by atoms with Crippen molar-refractivity contribution >= 4 is 29.7 Å². The molecule has 0 saturated carbocycles. The highest BCUT2D eigenvalue weighted by molar-refractivity contribution is 7.07. The quantitative estimate of drug-likeness (QED) is 0.863. The molecule has 1 aromatic rings. The molecule has 0 bridgehead atoms. The maximum atomic E-state index is 11.5. The lowest BCUT2D eigenvalue weighted by Crippen LogP contribution is -2.37. The molecule has 1 amide bonds. The van der Waals surface area contributed by atoms with Gasteiger partial charge in [-0.15, -0.1) is 12.4 Å². The highest BCUT2D eigenvalue weighted by Gasteiger charge is 2.14. The van der Waals surface area contributed by atoms with E-state index in [1.165, 1.54) is 12.8 Å². The zero-order chi connectivity index (χ0) is 10.5. The Hall–Kier alpha value is -0.580. The molecule has 1 atom stereocenters. The lowest BCUT2D eigenvalue weighted by Gasteiger charge is -2.10. The third-order valence-electron chi connectivity index (χ3n) is 2.65. The molecule has 3 nitrogen and oxygen atoms in total. The molecular weight excluding hydrogens is 244 g/mol. The summed E-state index contributed by atoms with van der Waals surface area (Å²) in [5, 5.41) is 10.3. The largest absolute Gasteiger partial charge is 0.354 e. The summed E-state index contributed by atoms with van der Waals surface area (Å²) in [4.78, 5) is 11.5. The number of hydrogen-bond acceptors (Lipinski definition) is 3. The summed E-state index contributed by atoms with van der Waals surface area (Å²) >= 11 is 1.63. The van der Waals surface area contributed by atoms with Gasteiger partial charge in [0, 0.05) is 12.6 Å². The average molecular weight is 261 g/mol. The summed E-state index contributed by atoms with van der Waals surface area (Å²) in [6, 6.07) is 2.48. The molecule has 0 aromatic carbocycles. The summed E-state index contributed by atoms with van der Waals surface area (Å²) in [5.74, 6) is 0.127. The number of carbonyl (C=O) groups is 1. The molecule has 1 unspecified atom stereocenters. The smallest absolute Gasteiger partial charge is 0.224 e. The zero-order valence-corrected chi connectivity index (χ0v) is 10.7. The predicted octanol–water partition coefficient (Wildman–Crippen LogP) is 1.58. The van der Waals surface area contributed by atoms with Crippen LogP contribution in [-0.2, 0) is 11.2 Å². The number of hydrogen-bond donors (Lipinski definition) is 2. The topological polar surface area (TPSA) is 41.1 Å². The van der Waals surface area contributed by atoms with Crippen molar-refractivity contribution in [2.24, 2.45) is 0 Å². The van der Waals surface area contributed by atoms with E-state index in [2.05, 4.69) is 10.6 Å². The second kappa shape index (κ2) is 6.89. The predicted molar refractivity (Wildman–Crippen MR) is 69.3 cm³/mol. The van der Waals surface area contributed by atoms with Gasteiger partial charge in [-0.3, -0.25) is 4.79 Å². The molecule has 1 aromatic heterocycles. The van der Waals surface area contributed by atoms with Crippen LogP contribution in [0.5, 0.6) is 0 Å². The van der Waals surface area contributed by atoms with Gasteiger partial charge in [0.1, 0.15) is 0 Å². The van der Waals surface area contributed by atoms with Gasteiger partial charge in [-0.05, 0) is 41.8 Å². The molecule has 2 rings (SSSR count). The fourth-order valence-corrected chi connectivity index (χ4v) is 2.48. The van der Waals surface area contributed by atoms with E-state index in [0.717, 1.165) is 18.7 Å². The molecule has 1 aliphatic rings. The van der Waals surface area contributed by atoms with Crippen LogP contribution in [0.1, 0.15) is 18.4 Å². The lowest BCUT2D eigenvalue weighted by molar-refractivity contribution is -0.120. The minimum Gasteiger partial charge on any atom is -0.354 e. The van der Waals surface area contributed by atoms with Crippen LogP contribution in [0, 0.1) is 0 Å². The van der Waals surface area contributed by atoms with Crippen LogP contribution >= 0.6 is 23.7 Å².